The van der Waals surface area contributed by atoms with Crippen LogP contribution in [0.25, 0.3) is 0 Å². The number of amides is 1. The molecule has 1 aromatic heterocycles. The minimum atomic E-state index is -1.13. The van der Waals surface area contributed by atoms with Crippen LogP contribution in [0.5, 0.6) is 11.5 Å². The Bertz CT molecular complexity index is 1040. The lowest BCUT2D eigenvalue weighted by atomic mass is 9.86. The number of fused-ring (bicyclic) bond motifs is 1. The van der Waals surface area contributed by atoms with Crippen molar-refractivity contribution in [2.45, 2.75) is 6.04 Å². The van der Waals surface area contributed by atoms with Crippen molar-refractivity contribution >= 4 is 17.5 Å². The molecular formula is C23H23N3O6. The summed E-state index contributed by atoms with van der Waals surface area (Å²) in [7, 11) is 0. The zero-order chi connectivity index (χ0) is 22.1. The Labute approximate surface area is 184 Å². The van der Waals surface area contributed by atoms with E-state index in [4.69, 9.17) is 14.2 Å². The average molecular weight is 437 g/mol. The number of rotatable bonds is 6. The van der Waals surface area contributed by atoms with Crippen LogP contribution in [-0.2, 0) is 14.3 Å². The molecule has 1 aromatic carbocycles. The molecule has 9 heteroatoms. The lowest BCUT2D eigenvalue weighted by Gasteiger charge is -2.31. The second-order valence-electron chi connectivity index (χ2n) is 7.95. The number of ketones is 2. The fourth-order valence-electron chi connectivity index (χ4n) is 4.46. The number of hydrogen-bond acceptors (Lipinski definition) is 8. The summed E-state index contributed by atoms with van der Waals surface area (Å²) in [5.74, 6) is -1.84. The van der Waals surface area contributed by atoms with Crippen LogP contribution in [0.3, 0.4) is 0 Å². The number of likely N-dealkylation sites (tertiary alicyclic amines) is 1. The van der Waals surface area contributed by atoms with Gasteiger partial charge in [-0.15, -0.1) is 0 Å². The summed E-state index contributed by atoms with van der Waals surface area (Å²) >= 11 is 0. The second-order valence-corrected chi connectivity index (χ2v) is 7.95. The van der Waals surface area contributed by atoms with E-state index in [-0.39, 0.29) is 6.79 Å². The molecule has 3 aliphatic heterocycles. The van der Waals surface area contributed by atoms with Gasteiger partial charge in [0.05, 0.1) is 19.3 Å². The maximum Gasteiger partial charge on any atom is 0.291 e. The largest absolute Gasteiger partial charge is 0.454 e. The van der Waals surface area contributed by atoms with Gasteiger partial charge >= 0.3 is 0 Å². The predicted octanol–water partition coefficient (Wildman–Crippen LogP) is 1.09. The van der Waals surface area contributed by atoms with E-state index < -0.39 is 29.4 Å². The molecule has 1 amide bonds. The fourth-order valence-corrected chi connectivity index (χ4v) is 4.46. The van der Waals surface area contributed by atoms with Gasteiger partial charge in [0.2, 0.25) is 12.6 Å². The number of carbonyl (C=O) groups excluding carboxylic acids is 3. The molecule has 2 fully saturated rings. The Morgan fingerprint density at radius 1 is 1.00 bits per heavy atom. The number of hydrogen-bond donors (Lipinski definition) is 0. The van der Waals surface area contributed by atoms with Crippen molar-refractivity contribution in [2.24, 2.45) is 5.92 Å². The van der Waals surface area contributed by atoms with Crippen molar-refractivity contribution in [1.29, 1.82) is 0 Å². The Kier molecular flexibility index (Phi) is 5.59. The number of benzene rings is 1. The summed E-state index contributed by atoms with van der Waals surface area (Å²) in [6.45, 7) is 3.88. The minimum Gasteiger partial charge on any atom is -0.454 e. The molecule has 2 aromatic rings. The van der Waals surface area contributed by atoms with Gasteiger partial charge in [-0.25, -0.2) is 0 Å². The molecule has 0 N–H and O–H groups in total. The molecule has 2 atom stereocenters. The van der Waals surface area contributed by atoms with E-state index in [0.717, 1.165) is 13.1 Å². The third-order valence-corrected chi connectivity index (χ3v) is 6.15. The molecular weight excluding hydrogens is 414 g/mol. The third kappa shape index (κ3) is 3.74. The second kappa shape index (κ2) is 8.68. The van der Waals surface area contributed by atoms with E-state index >= 15 is 0 Å². The highest BCUT2D eigenvalue weighted by atomic mass is 16.7. The molecule has 0 saturated carbocycles. The number of carbonyl (C=O) groups is 3. The van der Waals surface area contributed by atoms with Crippen molar-refractivity contribution in [2.75, 3.05) is 46.2 Å². The van der Waals surface area contributed by atoms with E-state index in [0.29, 0.717) is 48.9 Å². The molecule has 4 heterocycles. The Morgan fingerprint density at radius 2 is 1.75 bits per heavy atom. The third-order valence-electron chi connectivity index (χ3n) is 6.15. The van der Waals surface area contributed by atoms with E-state index in [1.165, 1.54) is 4.90 Å². The van der Waals surface area contributed by atoms with E-state index in [1.54, 1.807) is 42.7 Å². The molecule has 166 valence electrons. The van der Waals surface area contributed by atoms with Crippen LogP contribution in [0.2, 0.25) is 0 Å². The van der Waals surface area contributed by atoms with E-state index in [9.17, 15) is 14.4 Å². The van der Waals surface area contributed by atoms with Crippen molar-refractivity contribution in [3.05, 3.63) is 53.9 Å². The number of ether oxygens (including phenoxy) is 3. The molecule has 0 spiro atoms. The van der Waals surface area contributed by atoms with Crippen LogP contribution in [0, 0.1) is 5.92 Å². The van der Waals surface area contributed by atoms with Crippen molar-refractivity contribution in [3.8, 4) is 11.5 Å². The van der Waals surface area contributed by atoms with Crippen LogP contribution in [-0.4, -0.2) is 78.4 Å². The van der Waals surface area contributed by atoms with Gasteiger partial charge in [0.25, 0.3) is 5.91 Å². The molecule has 2 saturated heterocycles. The highest BCUT2D eigenvalue weighted by Gasteiger charge is 2.51. The SMILES string of the molecule is O=C1C(=O)N(CCN2CCOCC2)C(c2ccncc2)C1C(=O)c1ccc2c(c1)OCO2. The first kappa shape index (κ1) is 20.6. The number of morpholine rings is 1. The molecule has 0 aliphatic carbocycles. The topological polar surface area (TPSA) is 98.3 Å². The van der Waals surface area contributed by atoms with Crippen LogP contribution in [0.4, 0.5) is 0 Å². The van der Waals surface area contributed by atoms with Gasteiger partial charge in [0.15, 0.2) is 17.3 Å². The van der Waals surface area contributed by atoms with Crippen LogP contribution in [0.15, 0.2) is 42.7 Å². The lowest BCUT2D eigenvalue weighted by Crippen LogP contribution is -2.42. The minimum absolute atomic E-state index is 0.0861. The molecule has 0 radical (unpaired) electrons. The Hall–Kier alpha value is -3.30. The molecule has 5 rings (SSSR count). The summed E-state index contributed by atoms with van der Waals surface area (Å²) in [5, 5.41) is 0. The summed E-state index contributed by atoms with van der Waals surface area (Å²) < 4.78 is 16.1. The summed E-state index contributed by atoms with van der Waals surface area (Å²) in [5.41, 5.74) is 1.02. The number of pyridine rings is 1. The molecule has 3 aliphatic rings. The quantitative estimate of drug-likeness (QED) is 0.376. The number of aromatic nitrogens is 1. The van der Waals surface area contributed by atoms with Crippen LogP contribution < -0.4 is 9.47 Å². The van der Waals surface area contributed by atoms with Gasteiger partial charge < -0.3 is 19.1 Å². The van der Waals surface area contributed by atoms with E-state index in [2.05, 4.69) is 9.88 Å². The maximum atomic E-state index is 13.5. The predicted molar refractivity (Wildman–Crippen MR) is 111 cm³/mol. The number of Topliss-reactive ketones (excluding diaryl/α,β-unsaturated/α-hetero) is 2. The van der Waals surface area contributed by atoms with Gasteiger partial charge in [0.1, 0.15) is 5.92 Å². The van der Waals surface area contributed by atoms with Gasteiger partial charge in [0, 0.05) is 44.1 Å². The lowest BCUT2D eigenvalue weighted by molar-refractivity contribution is -0.141. The normalized spacial score (nSPS) is 23.1. The smallest absolute Gasteiger partial charge is 0.291 e. The van der Waals surface area contributed by atoms with Gasteiger partial charge in [-0.3, -0.25) is 24.3 Å². The van der Waals surface area contributed by atoms with Crippen molar-refractivity contribution in [1.82, 2.24) is 14.8 Å². The molecule has 2 unspecified atom stereocenters. The average Bonchev–Trinajstić information content (AvgIpc) is 3.40. The van der Waals surface area contributed by atoms with Gasteiger partial charge in [-0.2, -0.15) is 0 Å². The first-order valence-electron chi connectivity index (χ1n) is 10.6. The Morgan fingerprint density at radius 3 is 2.53 bits per heavy atom. The van der Waals surface area contributed by atoms with Gasteiger partial charge in [-0.1, -0.05) is 0 Å². The zero-order valence-corrected chi connectivity index (χ0v) is 17.4. The summed E-state index contributed by atoms with van der Waals surface area (Å²) in [6.07, 6.45) is 3.20. The highest BCUT2D eigenvalue weighted by Crippen LogP contribution is 2.39. The Balaban J connectivity index is 1.45. The maximum absolute atomic E-state index is 13.5. The number of nitrogens with zero attached hydrogens (tertiary/aromatic N) is 3. The zero-order valence-electron chi connectivity index (χ0n) is 17.4. The standard InChI is InChI=1S/C23H23N3O6/c27-21(16-1-2-17-18(13-16)32-14-31-17)19-20(15-3-5-24-6-4-15)26(23(29)22(19)28)8-7-25-9-11-30-12-10-25/h1-6,13,19-20H,7-12,14H2. The van der Waals surface area contributed by atoms with E-state index in [1.807, 2.05) is 0 Å². The van der Waals surface area contributed by atoms with Crippen molar-refractivity contribution < 1.29 is 28.6 Å². The highest BCUT2D eigenvalue weighted by molar-refractivity contribution is 6.44. The van der Waals surface area contributed by atoms with Gasteiger partial charge in [-0.05, 0) is 35.9 Å². The summed E-state index contributed by atoms with van der Waals surface area (Å²) in [6, 6.07) is 7.64. The van der Waals surface area contributed by atoms with Crippen LogP contribution in [0.1, 0.15) is 22.0 Å². The fraction of sp³-hybridized carbons (Fsp3) is 0.391. The molecule has 32 heavy (non-hydrogen) atoms. The monoisotopic (exact) mass is 437 g/mol. The molecule has 0 bridgehead atoms. The molecule has 9 nitrogen and oxygen atoms in total. The first-order valence-corrected chi connectivity index (χ1v) is 10.6. The first-order chi connectivity index (χ1) is 15.6. The van der Waals surface area contributed by atoms with Crippen molar-refractivity contribution in [3.63, 3.8) is 0 Å². The van der Waals surface area contributed by atoms with Crippen LogP contribution >= 0.6 is 0 Å². The summed E-state index contributed by atoms with van der Waals surface area (Å²) in [4.78, 5) is 47.4.